The largest absolute Gasteiger partial charge is 0.349 e. The van der Waals surface area contributed by atoms with Gasteiger partial charge in [0, 0.05) is 12.1 Å². The van der Waals surface area contributed by atoms with Crippen LogP contribution in [0.15, 0.2) is 18.2 Å². The van der Waals surface area contributed by atoms with Crippen molar-refractivity contribution in [3.63, 3.8) is 0 Å². The van der Waals surface area contributed by atoms with Crippen LogP contribution in [0.2, 0.25) is 5.02 Å². The molecule has 1 aromatic carbocycles. The minimum absolute atomic E-state index is 0.104. The summed E-state index contributed by atoms with van der Waals surface area (Å²) in [7, 11) is 0. The zero-order chi connectivity index (χ0) is 14.9. The fourth-order valence-corrected chi connectivity index (χ4v) is 2.94. The first-order chi connectivity index (χ1) is 9.30. The summed E-state index contributed by atoms with van der Waals surface area (Å²) in [6.45, 7) is 4.33. The average Bonchev–Trinajstić information content (AvgIpc) is 2.68. The van der Waals surface area contributed by atoms with E-state index in [-0.39, 0.29) is 33.6 Å². The van der Waals surface area contributed by atoms with Gasteiger partial charge in [0.1, 0.15) is 5.02 Å². The van der Waals surface area contributed by atoms with Crippen LogP contribution >= 0.6 is 11.6 Å². The Labute approximate surface area is 122 Å². The van der Waals surface area contributed by atoms with Crippen molar-refractivity contribution in [2.45, 2.75) is 39.2 Å². The second-order valence-corrected chi connectivity index (χ2v) is 6.35. The monoisotopic (exact) mass is 296 g/mol. The second-order valence-electron chi connectivity index (χ2n) is 5.97. The normalized spacial score (nSPS) is 20.6. The van der Waals surface area contributed by atoms with Crippen LogP contribution in [-0.2, 0) is 0 Å². The summed E-state index contributed by atoms with van der Waals surface area (Å²) in [4.78, 5) is 22.4. The fraction of sp³-hybridized carbons (Fsp3) is 0.500. The Morgan fingerprint density at radius 1 is 1.50 bits per heavy atom. The van der Waals surface area contributed by atoms with Crippen LogP contribution in [0, 0.1) is 15.5 Å². The zero-order valence-corrected chi connectivity index (χ0v) is 12.2. The molecular weight excluding hydrogens is 280 g/mol. The number of amides is 1. The molecule has 2 rings (SSSR count). The topological polar surface area (TPSA) is 72.2 Å². The van der Waals surface area contributed by atoms with E-state index in [0.717, 1.165) is 19.3 Å². The van der Waals surface area contributed by atoms with Crippen molar-refractivity contribution in [3.8, 4) is 0 Å². The average molecular weight is 297 g/mol. The van der Waals surface area contributed by atoms with Crippen LogP contribution in [0.25, 0.3) is 0 Å². The third-order valence-electron chi connectivity index (χ3n) is 3.72. The number of hydrogen-bond donors (Lipinski definition) is 1. The van der Waals surface area contributed by atoms with Crippen LogP contribution < -0.4 is 5.32 Å². The zero-order valence-electron chi connectivity index (χ0n) is 11.5. The summed E-state index contributed by atoms with van der Waals surface area (Å²) in [5.41, 5.74) is 0.140. The molecule has 1 saturated carbocycles. The summed E-state index contributed by atoms with van der Waals surface area (Å²) in [5.74, 6) is -0.346. The molecule has 1 amide bonds. The number of nitrogens with zero attached hydrogens (tertiary/aromatic N) is 1. The lowest BCUT2D eigenvalue weighted by molar-refractivity contribution is -0.384. The van der Waals surface area contributed by atoms with Crippen LogP contribution in [-0.4, -0.2) is 16.9 Å². The molecule has 0 heterocycles. The van der Waals surface area contributed by atoms with E-state index in [4.69, 9.17) is 11.6 Å². The van der Waals surface area contributed by atoms with E-state index in [9.17, 15) is 14.9 Å². The Kier molecular flexibility index (Phi) is 3.99. The first-order valence-electron chi connectivity index (χ1n) is 6.54. The van der Waals surface area contributed by atoms with Gasteiger partial charge in [-0.3, -0.25) is 14.9 Å². The molecule has 1 aliphatic rings. The number of halogens is 1. The molecule has 5 nitrogen and oxygen atoms in total. The molecule has 108 valence electrons. The number of benzene rings is 1. The lowest BCUT2D eigenvalue weighted by Crippen LogP contribution is -2.33. The SMILES string of the molecule is CC1(C)CCC(NC(=O)c2cccc([N+](=O)[O-])c2Cl)C1. The third kappa shape index (κ3) is 3.10. The van der Waals surface area contributed by atoms with Gasteiger partial charge in [-0.05, 0) is 30.7 Å². The van der Waals surface area contributed by atoms with Crippen LogP contribution in [0.5, 0.6) is 0 Å². The molecular formula is C14H17ClN2O3. The predicted molar refractivity (Wildman–Crippen MR) is 77.0 cm³/mol. The third-order valence-corrected chi connectivity index (χ3v) is 4.12. The number of rotatable bonds is 3. The van der Waals surface area contributed by atoms with Crippen LogP contribution in [0.1, 0.15) is 43.5 Å². The minimum Gasteiger partial charge on any atom is -0.349 e. The molecule has 1 fully saturated rings. The Morgan fingerprint density at radius 3 is 2.75 bits per heavy atom. The van der Waals surface area contributed by atoms with Crippen LogP contribution in [0.4, 0.5) is 5.69 Å². The van der Waals surface area contributed by atoms with E-state index in [1.165, 1.54) is 18.2 Å². The molecule has 0 aliphatic heterocycles. The van der Waals surface area contributed by atoms with Gasteiger partial charge in [0.2, 0.25) is 0 Å². The van der Waals surface area contributed by atoms with Crippen molar-refractivity contribution in [1.82, 2.24) is 5.32 Å². The standard InChI is InChI=1S/C14H17ClN2O3/c1-14(2)7-6-9(8-14)16-13(18)10-4-3-5-11(12(10)15)17(19)20/h3-5,9H,6-8H2,1-2H3,(H,16,18). The van der Waals surface area contributed by atoms with Gasteiger partial charge in [-0.25, -0.2) is 0 Å². The molecule has 0 radical (unpaired) electrons. The van der Waals surface area contributed by atoms with Crippen LogP contribution in [0.3, 0.4) is 0 Å². The smallest absolute Gasteiger partial charge is 0.288 e. The van der Waals surface area contributed by atoms with Crippen molar-refractivity contribution in [2.75, 3.05) is 0 Å². The highest BCUT2D eigenvalue weighted by Gasteiger charge is 2.32. The van der Waals surface area contributed by atoms with E-state index in [0.29, 0.717) is 0 Å². The molecule has 1 aliphatic carbocycles. The first-order valence-corrected chi connectivity index (χ1v) is 6.92. The van der Waals surface area contributed by atoms with E-state index < -0.39 is 4.92 Å². The van der Waals surface area contributed by atoms with Gasteiger partial charge < -0.3 is 5.32 Å². The first kappa shape index (κ1) is 14.8. The van der Waals surface area contributed by atoms with Gasteiger partial charge in [0.05, 0.1) is 10.5 Å². The second kappa shape index (κ2) is 5.40. The number of hydrogen-bond acceptors (Lipinski definition) is 3. The number of nitrogens with one attached hydrogen (secondary N) is 1. The van der Waals surface area contributed by atoms with Gasteiger partial charge in [-0.2, -0.15) is 0 Å². The molecule has 1 unspecified atom stereocenters. The van der Waals surface area contributed by atoms with Crippen molar-refractivity contribution < 1.29 is 9.72 Å². The maximum atomic E-state index is 12.2. The van der Waals surface area contributed by atoms with Gasteiger partial charge in [0.25, 0.3) is 11.6 Å². The van der Waals surface area contributed by atoms with E-state index in [1.807, 2.05) is 0 Å². The minimum atomic E-state index is -0.586. The summed E-state index contributed by atoms with van der Waals surface area (Å²) in [5, 5.41) is 13.6. The molecule has 0 saturated heterocycles. The number of nitro benzene ring substituents is 1. The van der Waals surface area contributed by atoms with Crippen molar-refractivity contribution in [1.29, 1.82) is 0 Å². The highest BCUT2D eigenvalue weighted by atomic mass is 35.5. The van der Waals surface area contributed by atoms with E-state index in [2.05, 4.69) is 19.2 Å². The fourth-order valence-electron chi connectivity index (χ4n) is 2.66. The lowest BCUT2D eigenvalue weighted by Gasteiger charge is -2.18. The van der Waals surface area contributed by atoms with Crippen molar-refractivity contribution >= 4 is 23.2 Å². The highest BCUT2D eigenvalue weighted by molar-refractivity contribution is 6.35. The van der Waals surface area contributed by atoms with Crippen molar-refractivity contribution in [3.05, 3.63) is 38.9 Å². The highest BCUT2D eigenvalue weighted by Crippen LogP contribution is 2.37. The summed E-state index contributed by atoms with van der Waals surface area (Å²) < 4.78 is 0. The van der Waals surface area contributed by atoms with E-state index in [1.54, 1.807) is 0 Å². The molecule has 1 atom stereocenters. The summed E-state index contributed by atoms with van der Waals surface area (Å²) >= 11 is 5.94. The number of nitro groups is 1. The molecule has 20 heavy (non-hydrogen) atoms. The van der Waals surface area contributed by atoms with Gasteiger partial charge in [-0.15, -0.1) is 0 Å². The van der Waals surface area contributed by atoms with E-state index >= 15 is 0 Å². The van der Waals surface area contributed by atoms with Gasteiger partial charge in [0.15, 0.2) is 0 Å². The number of carbonyl (C=O) groups excluding carboxylic acids is 1. The Balaban J connectivity index is 2.14. The Hall–Kier alpha value is -1.62. The molecule has 6 heteroatoms. The predicted octanol–water partition coefficient (Wildman–Crippen LogP) is 3.56. The summed E-state index contributed by atoms with van der Waals surface area (Å²) in [6, 6.07) is 4.37. The molecule has 0 spiro atoms. The van der Waals surface area contributed by atoms with Gasteiger partial charge >= 0.3 is 0 Å². The maximum absolute atomic E-state index is 12.2. The number of carbonyl (C=O) groups is 1. The molecule has 0 aromatic heterocycles. The molecule has 1 aromatic rings. The molecule has 0 bridgehead atoms. The van der Waals surface area contributed by atoms with Gasteiger partial charge in [-0.1, -0.05) is 31.5 Å². The summed E-state index contributed by atoms with van der Waals surface area (Å²) in [6.07, 6.45) is 2.89. The van der Waals surface area contributed by atoms with Crippen molar-refractivity contribution in [2.24, 2.45) is 5.41 Å². The quantitative estimate of drug-likeness (QED) is 0.684. The lowest BCUT2D eigenvalue weighted by atomic mass is 9.92. The molecule has 1 N–H and O–H groups in total. The Morgan fingerprint density at radius 2 is 2.20 bits per heavy atom. The maximum Gasteiger partial charge on any atom is 0.288 e. The Bertz CT molecular complexity index is 557.